The molecule has 0 aliphatic heterocycles. The van der Waals surface area contributed by atoms with Crippen molar-refractivity contribution in [2.75, 3.05) is 17.6 Å². The Hall–Kier alpha value is -2.89. The molecule has 0 radical (unpaired) electrons. The summed E-state index contributed by atoms with van der Waals surface area (Å²) in [5.74, 6) is -0.419. The molecule has 0 fully saturated rings. The first kappa shape index (κ1) is 15.5. The van der Waals surface area contributed by atoms with Gasteiger partial charge >= 0.3 is 6.03 Å². The fourth-order valence-corrected chi connectivity index (χ4v) is 1.99. The number of rotatable bonds is 4. The molecule has 0 saturated carbocycles. The molecular formula is C16H17FN4O. The summed E-state index contributed by atoms with van der Waals surface area (Å²) < 4.78 is 13.3. The summed E-state index contributed by atoms with van der Waals surface area (Å²) in [6, 6.07) is 10.3. The standard InChI is InChI=1S/C16H17FN4O/c1-2-20-16(22)21-12-6-7-14(18)13(9-12)15(19)10-4-3-5-11(17)8-10/h3-9,19H,2,18H2,1H3,(H2,20,21,22). The number of carbonyl (C=O) groups is 1. The van der Waals surface area contributed by atoms with Crippen LogP contribution >= 0.6 is 0 Å². The molecule has 0 aliphatic carbocycles. The van der Waals surface area contributed by atoms with Gasteiger partial charge in [0.2, 0.25) is 0 Å². The molecule has 5 nitrogen and oxygen atoms in total. The van der Waals surface area contributed by atoms with Gasteiger partial charge < -0.3 is 16.4 Å². The highest BCUT2D eigenvalue weighted by atomic mass is 19.1. The lowest BCUT2D eigenvalue weighted by Gasteiger charge is -2.11. The van der Waals surface area contributed by atoms with E-state index in [0.717, 1.165) is 0 Å². The molecule has 0 bridgehead atoms. The predicted molar refractivity (Wildman–Crippen MR) is 85.9 cm³/mol. The van der Waals surface area contributed by atoms with Gasteiger partial charge in [-0.15, -0.1) is 0 Å². The Balaban J connectivity index is 2.30. The van der Waals surface area contributed by atoms with Crippen LogP contribution in [0.1, 0.15) is 18.1 Å². The monoisotopic (exact) mass is 300 g/mol. The average Bonchev–Trinajstić information content (AvgIpc) is 2.49. The number of benzene rings is 2. The Labute approximate surface area is 127 Å². The molecule has 6 heteroatoms. The molecule has 2 aromatic carbocycles. The normalized spacial score (nSPS) is 10.1. The molecule has 0 aromatic heterocycles. The zero-order valence-electron chi connectivity index (χ0n) is 12.1. The Morgan fingerprint density at radius 3 is 2.73 bits per heavy atom. The van der Waals surface area contributed by atoms with E-state index in [1.807, 2.05) is 6.92 Å². The van der Waals surface area contributed by atoms with E-state index in [1.54, 1.807) is 24.3 Å². The van der Waals surface area contributed by atoms with Crippen LogP contribution in [0.25, 0.3) is 0 Å². The quantitative estimate of drug-likeness (QED) is 0.516. The lowest BCUT2D eigenvalue weighted by molar-refractivity contribution is 0.252. The maximum atomic E-state index is 13.3. The Morgan fingerprint density at radius 2 is 2.05 bits per heavy atom. The van der Waals surface area contributed by atoms with Gasteiger partial charge in [-0.2, -0.15) is 0 Å². The molecule has 0 saturated heterocycles. The van der Waals surface area contributed by atoms with Gasteiger partial charge in [0, 0.05) is 29.0 Å². The van der Waals surface area contributed by atoms with E-state index in [-0.39, 0.29) is 11.7 Å². The van der Waals surface area contributed by atoms with Crippen LogP contribution in [0, 0.1) is 11.2 Å². The smallest absolute Gasteiger partial charge is 0.319 e. The molecule has 0 atom stereocenters. The third-order valence-corrected chi connectivity index (χ3v) is 3.03. The first-order valence-electron chi connectivity index (χ1n) is 6.80. The number of nitrogens with two attached hydrogens (primary N) is 1. The number of nitrogen functional groups attached to an aromatic ring is 1. The Bertz CT molecular complexity index is 715. The van der Waals surface area contributed by atoms with Gasteiger partial charge in [0.1, 0.15) is 5.82 Å². The molecule has 2 aromatic rings. The summed E-state index contributed by atoms with van der Waals surface area (Å²) in [4.78, 5) is 11.5. The van der Waals surface area contributed by atoms with Crippen molar-refractivity contribution in [2.45, 2.75) is 6.92 Å². The number of carbonyl (C=O) groups excluding carboxylic acids is 1. The molecule has 2 rings (SSSR count). The van der Waals surface area contributed by atoms with E-state index in [2.05, 4.69) is 10.6 Å². The van der Waals surface area contributed by atoms with E-state index in [9.17, 15) is 9.18 Å². The minimum atomic E-state index is -0.419. The molecule has 0 unspecified atom stereocenters. The molecule has 0 heterocycles. The van der Waals surface area contributed by atoms with Gasteiger partial charge in [-0.1, -0.05) is 12.1 Å². The predicted octanol–water partition coefficient (Wildman–Crippen LogP) is 2.97. The number of anilines is 2. The number of halogens is 1. The van der Waals surface area contributed by atoms with Crippen LogP contribution in [0.4, 0.5) is 20.6 Å². The van der Waals surface area contributed by atoms with E-state index in [1.165, 1.54) is 18.2 Å². The lowest BCUT2D eigenvalue weighted by atomic mass is 10.0. The molecule has 114 valence electrons. The van der Waals surface area contributed by atoms with Gasteiger partial charge in [-0.3, -0.25) is 5.41 Å². The van der Waals surface area contributed by atoms with Crippen LogP contribution in [0.2, 0.25) is 0 Å². The number of nitrogens with one attached hydrogen (secondary N) is 3. The van der Waals surface area contributed by atoms with Crippen molar-refractivity contribution in [1.82, 2.24) is 5.32 Å². The molecule has 5 N–H and O–H groups in total. The van der Waals surface area contributed by atoms with Crippen molar-refractivity contribution < 1.29 is 9.18 Å². The molecule has 0 aliphatic rings. The third-order valence-electron chi connectivity index (χ3n) is 3.03. The first-order chi connectivity index (χ1) is 10.5. The molecular weight excluding hydrogens is 283 g/mol. The zero-order valence-corrected chi connectivity index (χ0v) is 12.1. The SMILES string of the molecule is CCNC(=O)Nc1ccc(N)c(C(=N)c2cccc(F)c2)c1. The van der Waals surface area contributed by atoms with Crippen molar-refractivity contribution in [3.05, 3.63) is 59.4 Å². The summed E-state index contributed by atoms with van der Waals surface area (Å²) in [6.07, 6.45) is 0. The number of amides is 2. The van der Waals surface area contributed by atoms with Crippen LogP contribution in [0.3, 0.4) is 0 Å². The van der Waals surface area contributed by atoms with Gasteiger partial charge in [-0.25, -0.2) is 9.18 Å². The van der Waals surface area contributed by atoms with Crippen molar-refractivity contribution in [1.29, 1.82) is 5.41 Å². The van der Waals surface area contributed by atoms with Crippen LogP contribution in [0.5, 0.6) is 0 Å². The minimum absolute atomic E-state index is 0.0940. The molecule has 22 heavy (non-hydrogen) atoms. The first-order valence-corrected chi connectivity index (χ1v) is 6.80. The second kappa shape index (κ2) is 6.71. The fourth-order valence-electron chi connectivity index (χ4n) is 1.99. The fraction of sp³-hybridized carbons (Fsp3) is 0.125. The Morgan fingerprint density at radius 1 is 1.27 bits per heavy atom. The topological polar surface area (TPSA) is 91.0 Å². The summed E-state index contributed by atoms with van der Waals surface area (Å²) in [7, 11) is 0. The zero-order chi connectivity index (χ0) is 16.1. The second-order valence-electron chi connectivity index (χ2n) is 4.67. The van der Waals surface area contributed by atoms with E-state index in [0.29, 0.717) is 29.0 Å². The third kappa shape index (κ3) is 3.60. The highest BCUT2D eigenvalue weighted by molar-refractivity contribution is 6.14. The minimum Gasteiger partial charge on any atom is -0.398 e. The highest BCUT2D eigenvalue weighted by Gasteiger charge is 2.11. The molecule has 2 amide bonds. The lowest BCUT2D eigenvalue weighted by Crippen LogP contribution is -2.28. The van der Waals surface area contributed by atoms with Crippen LogP contribution in [-0.4, -0.2) is 18.3 Å². The van der Waals surface area contributed by atoms with Gasteiger partial charge in [-0.05, 0) is 37.3 Å². The average molecular weight is 300 g/mol. The second-order valence-corrected chi connectivity index (χ2v) is 4.67. The van der Waals surface area contributed by atoms with E-state index in [4.69, 9.17) is 11.1 Å². The number of urea groups is 1. The van der Waals surface area contributed by atoms with Crippen LogP contribution in [-0.2, 0) is 0 Å². The van der Waals surface area contributed by atoms with E-state index < -0.39 is 5.82 Å². The van der Waals surface area contributed by atoms with E-state index >= 15 is 0 Å². The van der Waals surface area contributed by atoms with Gasteiger partial charge in [0.05, 0.1) is 5.71 Å². The Kier molecular flexibility index (Phi) is 4.73. The summed E-state index contributed by atoms with van der Waals surface area (Å²) in [6.45, 7) is 2.32. The highest BCUT2D eigenvalue weighted by Crippen LogP contribution is 2.21. The van der Waals surface area contributed by atoms with Crippen LogP contribution in [0.15, 0.2) is 42.5 Å². The maximum absolute atomic E-state index is 13.3. The summed E-state index contributed by atoms with van der Waals surface area (Å²) in [5, 5.41) is 13.5. The van der Waals surface area contributed by atoms with Crippen LogP contribution < -0.4 is 16.4 Å². The van der Waals surface area contributed by atoms with Crippen molar-refractivity contribution in [3.8, 4) is 0 Å². The van der Waals surface area contributed by atoms with Crippen molar-refractivity contribution >= 4 is 23.1 Å². The van der Waals surface area contributed by atoms with Gasteiger partial charge in [0.25, 0.3) is 0 Å². The van der Waals surface area contributed by atoms with Crippen molar-refractivity contribution in [2.24, 2.45) is 0 Å². The number of hydrogen-bond acceptors (Lipinski definition) is 3. The molecule has 0 spiro atoms. The van der Waals surface area contributed by atoms with Crippen molar-refractivity contribution in [3.63, 3.8) is 0 Å². The maximum Gasteiger partial charge on any atom is 0.319 e. The number of hydrogen-bond donors (Lipinski definition) is 4. The summed E-state index contributed by atoms with van der Waals surface area (Å²) >= 11 is 0. The largest absolute Gasteiger partial charge is 0.398 e. The summed E-state index contributed by atoms with van der Waals surface area (Å²) in [5.41, 5.74) is 7.73. The van der Waals surface area contributed by atoms with Gasteiger partial charge in [0.15, 0.2) is 0 Å².